The van der Waals surface area contributed by atoms with Crippen molar-refractivity contribution < 1.29 is 9.90 Å². The van der Waals surface area contributed by atoms with Gasteiger partial charge in [-0.15, -0.1) is 12.6 Å². The van der Waals surface area contributed by atoms with Crippen LogP contribution in [0.25, 0.3) is 0 Å². The zero-order chi connectivity index (χ0) is 9.14. The van der Waals surface area contributed by atoms with E-state index in [1.807, 2.05) is 0 Å². The quantitative estimate of drug-likeness (QED) is 0.542. The first kappa shape index (κ1) is 9.13. The van der Waals surface area contributed by atoms with Crippen molar-refractivity contribution in [1.82, 2.24) is 0 Å². The van der Waals surface area contributed by atoms with E-state index in [9.17, 15) is 9.90 Å². The fraction of sp³-hybridized carbons (Fsp3) is 0.222. The fourth-order valence-corrected chi connectivity index (χ4v) is 1.19. The molecule has 12 heavy (non-hydrogen) atoms. The highest BCUT2D eigenvalue weighted by Crippen LogP contribution is 2.26. The molecule has 1 aromatic rings. The highest BCUT2D eigenvalue weighted by Gasteiger charge is 2.08. The van der Waals surface area contributed by atoms with Crippen molar-refractivity contribution in [2.75, 3.05) is 0 Å². The van der Waals surface area contributed by atoms with Crippen LogP contribution in [0.1, 0.15) is 18.4 Å². The molecule has 1 N–H and O–H groups in total. The number of carbonyl (C=O) groups is 1. The molecule has 2 nitrogen and oxygen atoms in total. The minimum absolute atomic E-state index is 0.146. The highest BCUT2D eigenvalue weighted by molar-refractivity contribution is 7.80. The molecule has 3 heteroatoms. The van der Waals surface area contributed by atoms with Crippen LogP contribution < -0.4 is 0 Å². The van der Waals surface area contributed by atoms with E-state index in [-0.39, 0.29) is 11.7 Å². The maximum atomic E-state index is 10.4. The second-order valence-electron chi connectivity index (χ2n) is 2.67. The highest BCUT2D eigenvalue weighted by atomic mass is 32.1. The normalized spacial score (nSPS) is 12.5. The lowest BCUT2D eigenvalue weighted by atomic mass is 10.0. The average molecular weight is 182 g/mol. The Labute approximate surface area is 76.6 Å². The van der Waals surface area contributed by atoms with Crippen molar-refractivity contribution in [3.63, 3.8) is 0 Å². The third-order valence-corrected chi connectivity index (χ3v) is 1.98. The van der Waals surface area contributed by atoms with Gasteiger partial charge in [0.05, 0.1) is 0 Å². The fourth-order valence-electron chi connectivity index (χ4n) is 0.980. The number of phenolic OH excluding ortho intramolecular Hbond substituents is 1. The summed E-state index contributed by atoms with van der Waals surface area (Å²) in [5.41, 5.74) is 0.623. The Kier molecular flexibility index (Phi) is 2.76. The predicted octanol–water partition coefficient (Wildman–Crippen LogP) is 1.98. The van der Waals surface area contributed by atoms with Gasteiger partial charge in [0.25, 0.3) is 0 Å². The van der Waals surface area contributed by atoms with Gasteiger partial charge in [-0.3, -0.25) is 0 Å². The Morgan fingerprint density at radius 3 is 2.83 bits per heavy atom. The molecular weight excluding hydrogens is 172 g/mol. The molecule has 0 saturated heterocycles. The minimum atomic E-state index is -0.280. The summed E-state index contributed by atoms with van der Waals surface area (Å²) in [6.45, 7) is 1.73. The molecule has 0 bridgehead atoms. The van der Waals surface area contributed by atoms with Gasteiger partial charge in [-0.2, -0.15) is 0 Å². The zero-order valence-electron chi connectivity index (χ0n) is 6.69. The third-order valence-electron chi connectivity index (χ3n) is 1.71. The van der Waals surface area contributed by atoms with Crippen molar-refractivity contribution in [3.05, 3.63) is 23.8 Å². The summed E-state index contributed by atoms with van der Waals surface area (Å²) in [5, 5.41) is 9.34. The third kappa shape index (κ3) is 1.80. The topological polar surface area (TPSA) is 37.3 Å². The Bertz CT molecular complexity index is 297. The van der Waals surface area contributed by atoms with Gasteiger partial charge in [0.1, 0.15) is 12.0 Å². The SMILES string of the molecule is CC(C=O)c1cc(S)ccc1O. The Hall–Kier alpha value is -0.960. The molecule has 64 valence electrons. The van der Waals surface area contributed by atoms with Crippen LogP contribution in [0.15, 0.2) is 23.1 Å². The smallest absolute Gasteiger partial charge is 0.127 e. The molecule has 0 amide bonds. The van der Waals surface area contributed by atoms with Gasteiger partial charge < -0.3 is 9.90 Å². The van der Waals surface area contributed by atoms with Gasteiger partial charge in [0.15, 0.2) is 0 Å². The standard InChI is InChI=1S/C9H10O2S/c1-6(5-10)8-4-7(12)2-3-9(8)11/h2-6,11-12H,1H3. The lowest BCUT2D eigenvalue weighted by molar-refractivity contribution is -0.108. The summed E-state index contributed by atoms with van der Waals surface area (Å²) in [5.74, 6) is -0.135. The predicted molar refractivity (Wildman–Crippen MR) is 49.8 cm³/mol. The van der Waals surface area contributed by atoms with Crippen LogP contribution in [0, 0.1) is 0 Å². The number of aldehydes is 1. The molecule has 0 aliphatic rings. The Morgan fingerprint density at radius 2 is 2.25 bits per heavy atom. The number of phenols is 1. The second-order valence-corrected chi connectivity index (χ2v) is 3.18. The summed E-state index contributed by atoms with van der Waals surface area (Å²) < 4.78 is 0. The van der Waals surface area contributed by atoms with Gasteiger partial charge in [-0.05, 0) is 18.2 Å². The van der Waals surface area contributed by atoms with Gasteiger partial charge in [-0.1, -0.05) is 6.92 Å². The van der Waals surface area contributed by atoms with Gasteiger partial charge in [0, 0.05) is 16.4 Å². The van der Waals surface area contributed by atoms with Crippen LogP contribution in [0.2, 0.25) is 0 Å². The van der Waals surface area contributed by atoms with E-state index < -0.39 is 0 Å². The summed E-state index contributed by atoms with van der Waals surface area (Å²) >= 11 is 4.11. The van der Waals surface area contributed by atoms with Crippen molar-refractivity contribution in [3.8, 4) is 5.75 Å². The molecule has 0 aliphatic carbocycles. The molecule has 0 aromatic heterocycles. The van der Waals surface area contributed by atoms with Crippen molar-refractivity contribution in [1.29, 1.82) is 0 Å². The van der Waals surface area contributed by atoms with Crippen LogP contribution in [-0.4, -0.2) is 11.4 Å². The number of aromatic hydroxyl groups is 1. The first-order valence-electron chi connectivity index (χ1n) is 3.62. The average Bonchev–Trinajstić information content (AvgIpc) is 2.08. The van der Waals surface area contributed by atoms with Gasteiger partial charge >= 0.3 is 0 Å². The monoisotopic (exact) mass is 182 g/mol. The van der Waals surface area contributed by atoms with Crippen molar-refractivity contribution in [2.24, 2.45) is 0 Å². The van der Waals surface area contributed by atoms with Crippen molar-refractivity contribution in [2.45, 2.75) is 17.7 Å². The molecule has 0 radical (unpaired) electrons. The largest absolute Gasteiger partial charge is 0.508 e. The summed E-state index contributed by atoms with van der Waals surface area (Å²) in [6, 6.07) is 4.91. The molecule has 0 aliphatic heterocycles. The van der Waals surface area contributed by atoms with Gasteiger partial charge in [0.2, 0.25) is 0 Å². The number of rotatable bonds is 2. The molecule has 1 rings (SSSR count). The van der Waals surface area contributed by atoms with E-state index in [2.05, 4.69) is 12.6 Å². The maximum absolute atomic E-state index is 10.4. The van der Waals surface area contributed by atoms with E-state index >= 15 is 0 Å². The molecule has 0 fully saturated rings. The number of carbonyl (C=O) groups excluding carboxylic acids is 1. The number of hydrogen-bond acceptors (Lipinski definition) is 3. The molecule has 0 heterocycles. The van der Waals surface area contributed by atoms with E-state index in [1.54, 1.807) is 19.1 Å². The zero-order valence-corrected chi connectivity index (χ0v) is 7.58. The van der Waals surface area contributed by atoms with Crippen molar-refractivity contribution >= 4 is 18.9 Å². The summed E-state index contributed by atoms with van der Waals surface area (Å²) in [4.78, 5) is 11.2. The molecular formula is C9H10O2S. The van der Waals surface area contributed by atoms with E-state index in [4.69, 9.17) is 0 Å². The Morgan fingerprint density at radius 1 is 1.58 bits per heavy atom. The molecule has 1 unspecified atom stereocenters. The number of hydrogen-bond donors (Lipinski definition) is 2. The second kappa shape index (κ2) is 3.63. The van der Waals surface area contributed by atoms with E-state index in [0.29, 0.717) is 5.56 Å². The van der Waals surface area contributed by atoms with E-state index in [0.717, 1.165) is 11.2 Å². The first-order chi connectivity index (χ1) is 5.65. The van der Waals surface area contributed by atoms with Crippen LogP contribution in [0.4, 0.5) is 0 Å². The van der Waals surface area contributed by atoms with E-state index in [1.165, 1.54) is 6.07 Å². The van der Waals surface area contributed by atoms with Crippen LogP contribution in [0.5, 0.6) is 5.75 Å². The maximum Gasteiger partial charge on any atom is 0.127 e. The first-order valence-corrected chi connectivity index (χ1v) is 4.07. The van der Waals surface area contributed by atoms with Crippen LogP contribution in [-0.2, 0) is 4.79 Å². The lowest BCUT2D eigenvalue weighted by Crippen LogP contribution is -1.94. The molecule has 0 spiro atoms. The lowest BCUT2D eigenvalue weighted by Gasteiger charge is -2.06. The summed E-state index contributed by atoms with van der Waals surface area (Å²) in [7, 11) is 0. The minimum Gasteiger partial charge on any atom is -0.508 e. The molecule has 1 aromatic carbocycles. The number of thiol groups is 1. The van der Waals surface area contributed by atoms with Gasteiger partial charge in [-0.25, -0.2) is 0 Å². The number of benzene rings is 1. The van der Waals surface area contributed by atoms with Crippen LogP contribution in [0.3, 0.4) is 0 Å². The van der Waals surface area contributed by atoms with Crippen LogP contribution >= 0.6 is 12.6 Å². The molecule has 0 saturated carbocycles. The Balaban J connectivity index is 3.12. The molecule has 1 atom stereocenters. The summed E-state index contributed by atoms with van der Waals surface area (Å²) in [6.07, 6.45) is 0.794.